The molecule has 106 valence electrons. The summed E-state index contributed by atoms with van der Waals surface area (Å²) in [6.07, 6.45) is 2.62. The van der Waals surface area contributed by atoms with Gasteiger partial charge in [-0.3, -0.25) is 0 Å². The summed E-state index contributed by atoms with van der Waals surface area (Å²) in [6.45, 7) is 3.01. The van der Waals surface area contributed by atoms with Crippen LogP contribution in [0.1, 0.15) is 24.0 Å². The van der Waals surface area contributed by atoms with Gasteiger partial charge in [0.25, 0.3) is 0 Å². The highest BCUT2D eigenvalue weighted by Gasteiger charge is 2.20. The van der Waals surface area contributed by atoms with E-state index in [1.807, 2.05) is 0 Å². The van der Waals surface area contributed by atoms with Crippen molar-refractivity contribution in [1.82, 2.24) is 5.32 Å². The van der Waals surface area contributed by atoms with E-state index in [4.69, 9.17) is 4.42 Å². The van der Waals surface area contributed by atoms with Gasteiger partial charge in [0.2, 0.25) is 0 Å². The maximum absolute atomic E-state index is 6.12. The molecule has 1 fully saturated rings. The van der Waals surface area contributed by atoms with Gasteiger partial charge in [0.1, 0.15) is 11.3 Å². The van der Waals surface area contributed by atoms with E-state index in [-0.39, 0.29) is 0 Å². The summed E-state index contributed by atoms with van der Waals surface area (Å²) in [4.78, 5) is 0. The summed E-state index contributed by atoms with van der Waals surface area (Å²) in [5.74, 6) is 0.965. The first-order chi connectivity index (χ1) is 10.3. The molecule has 0 atom stereocenters. The molecule has 1 saturated carbocycles. The zero-order valence-electron chi connectivity index (χ0n) is 12.2. The van der Waals surface area contributed by atoms with Gasteiger partial charge in [0.05, 0.1) is 0 Å². The van der Waals surface area contributed by atoms with Crippen LogP contribution in [0, 0.1) is 6.92 Å². The monoisotopic (exact) mass is 277 g/mol. The number of fused-ring (bicyclic) bond motifs is 1. The number of para-hydroxylation sites is 1. The summed E-state index contributed by atoms with van der Waals surface area (Å²) in [7, 11) is 0. The van der Waals surface area contributed by atoms with Crippen LogP contribution in [0.15, 0.2) is 52.9 Å². The number of hydrogen-bond acceptors (Lipinski definition) is 2. The quantitative estimate of drug-likeness (QED) is 0.750. The van der Waals surface area contributed by atoms with E-state index in [2.05, 4.69) is 60.8 Å². The molecule has 0 saturated heterocycles. The lowest BCUT2D eigenvalue weighted by molar-refractivity contribution is 0.625. The molecule has 0 radical (unpaired) electrons. The van der Waals surface area contributed by atoms with Crippen molar-refractivity contribution in [1.29, 1.82) is 0 Å². The number of aryl methyl sites for hydroxylation is 1. The smallest absolute Gasteiger partial charge is 0.137 e. The van der Waals surface area contributed by atoms with Gasteiger partial charge in [-0.05, 0) is 37.0 Å². The summed E-state index contributed by atoms with van der Waals surface area (Å²) in [5, 5.41) is 4.76. The first kappa shape index (κ1) is 12.7. The standard InChI is InChI=1S/C19H19NO/c1-13-5-4-7-14-11-18(21-19(13)14)17-8-3-2-6-15(17)12-20-16-9-10-16/h2-8,11,16,20H,9-10,12H2,1H3. The van der Waals surface area contributed by atoms with Gasteiger partial charge in [-0.25, -0.2) is 0 Å². The summed E-state index contributed by atoms with van der Waals surface area (Å²) in [5.41, 5.74) is 4.69. The highest BCUT2D eigenvalue weighted by Crippen LogP contribution is 2.32. The first-order valence-corrected chi connectivity index (χ1v) is 7.62. The second-order valence-electron chi connectivity index (χ2n) is 5.92. The molecule has 3 aromatic rings. The minimum absolute atomic E-state index is 0.718. The topological polar surface area (TPSA) is 25.2 Å². The summed E-state index contributed by atoms with van der Waals surface area (Å²) in [6, 6.07) is 17.7. The predicted octanol–water partition coefficient (Wildman–Crippen LogP) is 4.66. The molecule has 1 N–H and O–H groups in total. The van der Waals surface area contributed by atoms with Crippen LogP contribution in [0.25, 0.3) is 22.3 Å². The number of nitrogens with one attached hydrogen (secondary N) is 1. The molecule has 0 aliphatic heterocycles. The van der Waals surface area contributed by atoms with Crippen LogP contribution in [-0.2, 0) is 6.54 Å². The summed E-state index contributed by atoms with van der Waals surface area (Å²) < 4.78 is 6.12. The van der Waals surface area contributed by atoms with Crippen molar-refractivity contribution in [3.05, 3.63) is 59.7 Å². The molecular formula is C19H19NO. The Labute approximate surface area is 124 Å². The fourth-order valence-electron chi connectivity index (χ4n) is 2.80. The zero-order chi connectivity index (χ0) is 14.2. The highest BCUT2D eigenvalue weighted by atomic mass is 16.3. The molecule has 4 rings (SSSR count). The lowest BCUT2D eigenvalue weighted by Crippen LogP contribution is -2.15. The molecule has 0 unspecified atom stereocenters. The number of furan rings is 1. The van der Waals surface area contributed by atoms with Gasteiger partial charge < -0.3 is 9.73 Å². The lowest BCUT2D eigenvalue weighted by atomic mass is 10.0. The maximum Gasteiger partial charge on any atom is 0.137 e. The van der Waals surface area contributed by atoms with Gasteiger partial charge in [-0.15, -0.1) is 0 Å². The van der Waals surface area contributed by atoms with E-state index < -0.39 is 0 Å². The van der Waals surface area contributed by atoms with Crippen molar-refractivity contribution < 1.29 is 4.42 Å². The third kappa shape index (κ3) is 2.47. The fourth-order valence-corrected chi connectivity index (χ4v) is 2.80. The lowest BCUT2D eigenvalue weighted by Gasteiger charge is -2.08. The van der Waals surface area contributed by atoms with Gasteiger partial charge in [0, 0.05) is 23.5 Å². The third-order valence-corrected chi connectivity index (χ3v) is 4.18. The van der Waals surface area contributed by atoms with E-state index in [9.17, 15) is 0 Å². The van der Waals surface area contributed by atoms with Crippen molar-refractivity contribution >= 4 is 11.0 Å². The number of hydrogen-bond donors (Lipinski definition) is 1. The molecule has 0 spiro atoms. The van der Waals surface area contributed by atoms with Crippen molar-refractivity contribution in [3.63, 3.8) is 0 Å². The van der Waals surface area contributed by atoms with E-state index in [0.29, 0.717) is 0 Å². The minimum atomic E-state index is 0.718. The number of benzene rings is 2. The van der Waals surface area contributed by atoms with Gasteiger partial charge in [-0.2, -0.15) is 0 Å². The van der Waals surface area contributed by atoms with Crippen LogP contribution in [-0.4, -0.2) is 6.04 Å². The van der Waals surface area contributed by atoms with Crippen LogP contribution in [0.2, 0.25) is 0 Å². The van der Waals surface area contributed by atoms with E-state index in [1.165, 1.54) is 34.9 Å². The van der Waals surface area contributed by atoms with Crippen LogP contribution < -0.4 is 5.32 Å². The predicted molar refractivity (Wildman–Crippen MR) is 86.2 cm³/mol. The Morgan fingerprint density at radius 2 is 1.95 bits per heavy atom. The third-order valence-electron chi connectivity index (χ3n) is 4.18. The van der Waals surface area contributed by atoms with Crippen LogP contribution in [0.5, 0.6) is 0 Å². The Hall–Kier alpha value is -2.06. The summed E-state index contributed by atoms with van der Waals surface area (Å²) >= 11 is 0. The first-order valence-electron chi connectivity index (χ1n) is 7.62. The Bertz CT molecular complexity index is 783. The second kappa shape index (κ2) is 5.05. The fraction of sp³-hybridized carbons (Fsp3) is 0.263. The Kier molecular flexibility index (Phi) is 3.04. The van der Waals surface area contributed by atoms with Gasteiger partial charge in [-0.1, -0.05) is 42.5 Å². The molecule has 1 aliphatic rings. The SMILES string of the molecule is Cc1cccc2cc(-c3ccccc3CNC3CC3)oc12. The van der Waals surface area contributed by atoms with Gasteiger partial charge >= 0.3 is 0 Å². The van der Waals surface area contributed by atoms with Crippen LogP contribution in [0.4, 0.5) is 0 Å². The minimum Gasteiger partial charge on any atom is -0.456 e. The molecule has 2 aromatic carbocycles. The molecule has 0 bridgehead atoms. The zero-order valence-corrected chi connectivity index (χ0v) is 12.2. The van der Waals surface area contributed by atoms with Crippen molar-refractivity contribution in [2.24, 2.45) is 0 Å². The Balaban J connectivity index is 1.74. The molecule has 1 aromatic heterocycles. The largest absolute Gasteiger partial charge is 0.456 e. The number of rotatable bonds is 4. The average Bonchev–Trinajstić information content (AvgIpc) is 3.23. The average molecular weight is 277 g/mol. The maximum atomic E-state index is 6.12. The molecule has 21 heavy (non-hydrogen) atoms. The molecular weight excluding hydrogens is 258 g/mol. The molecule has 1 aliphatic carbocycles. The second-order valence-corrected chi connectivity index (χ2v) is 5.92. The molecule has 2 nitrogen and oxygen atoms in total. The normalized spacial score (nSPS) is 14.7. The van der Waals surface area contributed by atoms with Crippen LogP contribution >= 0.6 is 0 Å². The van der Waals surface area contributed by atoms with Crippen molar-refractivity contribution in [2.75, 3.05) is 0 Å². The Morgan fingerprint density at radius 3 is 2.76 bits per heavy atom. The van der Waals surface area contributed by atoms with E-state index in [1.54, 1.807) is 0 Å². The van der Waals surface area contributed by atoms with Crippen molar-refractivity contribution in [3.8, 4) is 11.3 Å². The highest BCUT2D eigenvalue weighted by molar-refractivity contribution is 5.85. The van der Waals surface area contributed by atoms with E-state index >= 15 is 0 Å². The van der Waals surface area contributed by atoms with Crippen molar-refractivity contribution in [2.45, 2.75) is 32.4 Å². The molecule has 2 heteroatoms. The van der Waals surface area contributed by atoms with Crippen LogP contribution in [0.3, 0.4) is 0 Å². The Morgan fingerprint density at radius 1 is 1.10 bits per heavy atom. The molecule has 1 heterocycles. The molecule has 0 amide bonds. The van der Waals surface area contributed by atoms with Gasteiger partial charge in [0.15, 0.2) is 0 Å². The van der Waals surface area contributed by atoms with E-state index in [0.717, 1.165) is 23.9 Å².